The van der Waals surface area contributed by atoms with Gasteiger partial charge < -0.3 is 0 Å². The Kier molecular flexibility index (Phi) is 2.32. The zero-order chi connectivity index (χ0) is 9.10. The molecule has 0 spiro atoms. The number of halogens is 1. The molecule has 0 amide bonds. The molecule has 0 unspecified atom stereocenters. The fourth-order valence-electron chi connectivity index (χ4n) is 1.12. The van der Waals surface area contributed by atoms with Crippen molar-refractivity contribution in [1.29, 1.82) is 0 Å². The normalized spacial score (nSPS) is 10.2. The number of aromatic nitrogens is 2. The Morgan fingerprint density at radius 1 is 1.31 bits per heavy atom. The van der Waals surface area contributed by atoms with Gasteiger partial charge in [0.15, 0.2) is 0 Å². The minimum Gasteiger partial charge on any atom is -0.285 e. The number of hydrogen-bond donors (Lipinski definition) is 1. The highest BCUT2D eigenvalue weighted by molar-refractivity contribution is 6.30. The number of hydrogen-bond acceptors (Lipinski definition) is 1. The highest BCUT2D eigenvalue weighted by Crippen LogP contribution is 2.14. The van der Waals surface area contributed by atoms with E-state index < -0.39 is 0 Å². The lowest BCUT2D eigenvalue weighted by atomic mass is 10.1. The molecule has 1 heterocycles. The molecule has 1 aromatic carbocycles. The maximum Gasteiger partial charge on any atom is 0.0706 e. The topological polar surface area (TPSA) is 28.7 Å². The molecule has 0 aliphatic carbocycles. The van der Waals surface area contributed by atoms with E-state index in [0.717, 1.165) is 16.3 Å². The molecule has 0 atom stereocenters. The molecule has 1 aromatic heterocycles. The van der Waals surface area contributed by atoms with Crippen LogP contribution in [0.1, 0.15) is 11.3 Å². The van der Waals surface area contributed by atoms with Gasteiger partial charge in [-0.25, -0.2) is 0 Å². The van der Waals surface area contributed by atoms with Crippen molar-refractivity contribution in [2.24, 2.45) is 0 Å². The zero-order valence-electron chi connectivity index (χ0n) is 6.87. The van der Waals surface area contributed by atoms with Crippen LogP contribution in [0.4, 0.5) is 0 Å². The molecule has 13 heavy (non-hydrogen) atoms. The van der Waals surface area contributed by atoms with Crippen LogP contribution in [0.2, 0.25) is 5.02 Å². The molecule has 0 aliphatic heterocycles. The lowest BCUT2D eigenvalue weighted by Crippen LogP contribution is -1.84. The Hall–Kier alpha value is -1.28. The summed E-state index contributed by atoms with van der Waals surface area (Å²) in [5.41, 5.74) is 1.96. The summed E-state index contributed by atoms with van der Waals surface area (Å²) in [6.45, 7) is 0. The van der Waals surface area contributed by atoms with Crippen LogP contribution < -0.4 is 0 Å². The van der Waals surface area contributed by atoms with Crippen LogP contribution in [0.5, 0.6) is 0 Å². The van der Waals surface area contributed by atoms with Gasteiger partial charge in [-0.15, -0.1) is 0 Å². The summed E-state index contributed by atoms with van der Waals surface area (Å²) in [4.78, 5) is 0. The van der Waals surface area contributed by atoms with E-state index in [0.29, 0.717) is 0 Å². The summed E-state index contributed by atoms with van der Waals surface area (Å²) in [5, 5.41) is 7.51. The second-order valence-electron chi connectivity index (χ2n) is 2.70. The van der Waals surface area contributed by atoms with Crippen molar-refractivity contribution in [3.63, 3.8) is 0 Å². The second kappa shape index (κ2) is 3.62. The average molecular weight is 192 g/mol. The molecule has 0 bridgehead atoms. The summed E-state index contributed by atoms with van der Waals surface area (Å²) in [6, 6.07) is 9.56. The van der Waals surface area contributed by atoms with Crippen LogP contribution >= 0.6 is 11.6 Å². The van der Waals surface area contributed by atoms with Gasteiger partial charge in [-0.3, -0.25) is 5.10 Å². The molecule has 0 aliphatic rings. The lowest BCUT2D eigenvalue weighted by Gasteiger charge is -1.97. The molecular formula is C10H8ClN2. The van der Waals surface area contributed by atoms with Crippen LogP contribution in [0.15, 0.2) is 36.5 Å². The van der Waals surface area contributed by atoms with Gasteiger partial charge in [-0.1, -0.05) is 23.7 Å². The summed E-state index contributed by atoms with van der Waals surface area (Å²) >= 11 is 5.84. The Balaban J connectivity index is 2.19. The number of benzene rings is 1. The van der Waals surface area contributed by atoms with Gasteiger partial charge >= 0.3 is 0 Å². The number of rotatable bonds is 2. The van der Waals surface area contributed by atoms with Crippen LogP contribution in [0, 0.1) is 6.42 Å². The Labute approximate surface area is 81.6 Å². The Morgan fingerprint density at radius 2 is 2.23 bits per heavy atom. The van der Waals surface area contributed by atoms with Crippen molar-refractivity contribution in [1.82, 2.24) is 10.2 Å². The van der Waals surface area contributed by atoms with Crippen LogP contribution in [0.25, 0.3) is 0 Å². The van der Waals surface area contributed by atoms with E-state index in [4.69, 9.17) is 11.6 Å². The summed E-state index contributed by atoms with van der Waals surface area (Å²) in [5.74, 6) is 0. The molecule has 0 fully saturated rings. The summed E-state index contributed by atoms with van der Waals surface area (Å²) in [6.07, 6.45) is 3.75. The highest BCUT2D eigenvalue weighted by Gasteiger charge is 1.98. The third-order valence-corrected chi connectivity index (χ3v) is 1.92. The van der Waals surface area contributed by atoms with Crippen molar-refractivity contribution < 1.29 is 0 Å². The number of nitrogens with zero attached hydrogens (tertiary/aromatic N) is 1. The van der Waals surface area contributed by atoms with Crippen molar-refractivity contribution >= 4 is 11.6 Å². The van der Waals surface area contributed by atoms with E-state index in [-0.39, 0.29) is 0 Å². The first-order valence-electron chi connectivity index (χ1n) is 3.95. The molecule has 1 radical (unpaired) electrons. The van der Waals surface area contributed by atoms with E-state index in [9.17, 15) is 0 Å². The van der Waals surface area contributed by atoms with Crippen LogP contribution in [-0.2, 0) is 0 Å². The molecule has 0 saturated carbocycles. The predicted octanol–water partition coefficient (Wildman–Crippen LogP) is 2.66. The maximum atomic E-state index is 5.84. The Morgan fingerprint density at radius 3 is 2.92 bits per heavy atom. The van der Waals surface area contributed by atoms with E-state index in [1.54, 1.807) is 6.20 Å². The van der Waals surface area contributed by atoms with Gasteiger partial charge in [0, 0.05) is 17.6 Å². The van der Waals surface area contributed by atoms with Gasteiger partial charge in [-0.2, -0.15) is 5.10 Å². The molecule has 2 rings (SSSR count). The van der Waals surface area contributed by atoms with Gasteiger partial charge in [0.25, 0.3) is 0 Å². The van der Waals surface area contributed by atoms with Crippen LogP contribution in [-0.4, -0.2) is 10.2 Å². The van der Waals surface area contributed by atoms with E-state index >= 15 is 0 Å². The monoisotopic (exact) mass is 191 g/mol. The number of H-pyrrole nitrogens is 1. The van der Waals surface area contributed by atoms with Crippen molar-refractivity contribution in [2.75, 3.05) is 0 Å². The van der Waals surface area contributed by atoms with E-state index in [1.165, 1.54) is 0 Å². The first-order valence-corrected chi connectivity index (χ1v) is 4.32. The first-order chi connectivity index (χ1) is 6.34. The minimum atomic E-state index is 0.740. The predicted molar refractivity (Wildman–Crippen MR) is 52.5 cm³/mol. The number of nitrogens with one attached hydrogen (secondary N) is 1. The third-order valence-electron chi connectivity index (χ3n) is 1.69. The van der Waals surface area contributed by atoms with Gasteiger partial charge in [0.05, 0.1) is 5.69 Å². The smallest absolute Gasteiger partial charge is 0.0706 e. The minimum absolute atomic E-state index is 0.740. The summed E-state index contributed by atoms with van der Waals surface area (Å²) < 4.78 is 0. The lowest BCUT2D eigenvalue weighted by molar-refractivity contribution is 1.06. The second-order valence-corrected chi connectivity index (χ2v) is 3.13. The third kappa shape index (κ3) is 2.10. The van der Waals surface area contributed by atoms with Gasteiger partial charge in [0.2, 0.25) is 0 Å². The van der Waals surface area contributed by atoms with E-state index in [1.807, 2.05) is 36.8 Å². The van der Waals surface area contributed by atoms with Crippen molar-refractivity contribution in [3.8, 4) is 0 Å². The van der Waals surface area contributed by atoms with E-state index in [2.05, 4.69) is 10.2 Å². The zero-order valence-corrected chi connectivity index (χ0v) is 7.62. The standard InChI is InChI=1S/C10H8ClN2/c11-9-3-1-2-8(6-9)7-10-4-5-12-13-10/h1-7H,(H,12,13). The molecule has 3 heteroatoms. The van der Waals surface area contributed by atoms with Crippen molar-refractivity contribution in [2.45, 2.75) is 0 Å². The molecule has 0 saturated heterocycles. The van der Waals surface area contributed by atoms with Crippen LogP contribution in [0.3, 0.4) is 0 Å². The average Bonchev–Trinajstić information content (AvgIpc) is 2.57. The molecule has 2 aromatic rings. The SMILES string of the molecule is Clc1cccc([CH]c2cc[nH]n2)c1. The maximum absolute atomic E-state index is 5.84. The molecule has 2 nitrogen and oxygen atoms in total. The fraction of sp³-hybridized carbons (Fsp3) is 0. The molecule has 65 valence electrons. The fourth-order valence-corrected chi connectivity index (χ4v) is 1.32. The molecule has 1 N–H and O–H groups in total. The Bertz CT molecular complexity index is 382. The van der Waals surface area contributed by atoms with Gasteiger partial charge in [-0.05, 0) is 23.8 Å². The largest absolute Gasteiger partial charge is 0.285 e. The highest BCUT2D eigenvalue weighted by atomic mass is 35.5. The van der Waals surface area contributed by atoms with Gasteiger partial charge in [0.1, 0.15) is 0 Å². The molecular weight excluding hydrogens is 184 g/mol. The number of aromatic amines is 1. The van der Waals surface area contributed by atoms with Crippen molar-refractivity contribution in [3.05, 3.63) is 59.2 Å². The first kappa shape index (κ1) is 8.32. The quantitative estimate of drug-likeness (QED) is 0.777. The summed E-state index contributed by atoms with van der Waals surface area (Å²) in [7, 11) is 0.